The predicted octanol–water partition coefficient (Wildman–Crippen LogP) is 3.20. The number of benzene rings is 1. The summed E-state index contributed by atoms with van der Waals surface area (Å²) in [5.41, 5.74) is -1.13. The highest BCUT2D eigenvalue weighted by atomic mass is 19.4. The molecule has 0 heterocycles. The minimum absolute atomic E-state index is 0.350. The number of phenols is 1. The van der Waals surface area contributed by atoms with E-state index in [4.69, 9.17) is 9.84 Å². The molecule has 0 radical (unpaired) electrons. The highest BCUT2D eigenvalue weighted by molar-refractivity contribution is 5.45. The van der Waals surface area contributed by atoms with E-state index < -0.39 is 17.5 Å². The molecule has 0 fully saturated rings. The molecule has 0 aromatic heterocycles. The lowest BCUT2D eigenvalue weighted by Gasteiger charge is -2.16. The number of ether oxygens (including phenoxy) is 1. The number of halogens is 3. The summed E-state index contributed by atoms with van der Waals surface area (Å²) in [6.45, 7) is 3.23. The third-order valence-corrected chi connectivity index (χ3v) is 1.65. The molecule has 0 aliphatic carbocycles. The van der Waals surface area contributed by atoms with E-state index in [9.17, 15) is 13.2 Å². The molecule has 0 amide bonds. The first-order valence-electron chi connectivity index (χ1n) is 4.38. The monoisotopic (exact) mass is 220 g/mol. The zero-order valence-electron chi connectivity index (χ0n) is 8.30. The Balaban J connectivity index is 3.21. The van der Waals surface area contributed by atoms with Crippen LogP contribution in [0.3, 0.4) is 0 Å². The standard InChI is InChI=1S/C10H11F3O2/c1-6(2)15-8-5-3-4-7(14)9(8)10(11,12)13/h3-6,14H,1-2H3. The molecule has 1 aromatic rings. The van der Waals surface area contributed by atoms with Crippen LogP contribution in [0.4, 0.5) is 13.2 Å². The van der Waals surface area contributed by atoms with Gasteiger partial charge in [-0.05, 0) is 26.0 Å². The first kappa shape index (κ1) is 11.7. The predicted molar refractivity (Wildman–Crippen MR) is 48.9 cm³/mol. The maximum Gasteiger partial charge on any atom is 0.423 e. The molecule has 0 saturated heterocycles. The molecular formula is C10H11F3O2. The Morgan fingerprint density at radius 1 is 1.27 bits per heavy atom. The first-order chi connectivity index (χ1) is 6.82. The fourth-order valence-corrected chi connectivity index (χ4v) is 1.16. The Morgan fingerprint density at radius 2 is 1.87 bits per heavy atom. The van der Waals surface area contributed by atoms with Gasteiger partial charge in [0, 0.05) is 0 Å². The van der Waals surface area contributed by atoms with Gasteiger partial charge in [-0.3, -0.25) is 0 Å². The van der Waals surface area contributed by atoms with Crippen molar-refractivity contribution >= 4 is 0 Å². The van der Waals surface area contributed by atoms with Crippen molar-refractivity contribution in [2.75, 3.05) is 0 Å². The fraction of sp³-hybridized carbons (Fsp3) is 0.400. The van der Waals surface area contributed by atoms with Gasteiger partial charge in [0.1, 0.15) is 17.1 Å². The van der Waals surface area contributed by atoms with Gasteiger partial charge in [0.25, 0.3) is 0 Å². The second-order valence-electron chi connectivity index (χ2n) is 3.31. The molecule has 1 rings (SSSR count). The van der Waals surface area contributed by atoms with E-state index in [0.29, 0.717) is 0 Å². The van der Waals surface area contributed by atoms with Gasteiger partial charge >= 0.3 is 6.18 Å². The Kier molecular flexibility index (Phi) is 3.12. The van der Waals surface area contributed by atoms with Crippen molar-refractivity contribution in [1.29, 1.82) is 0 Å². The third kappa shape index (κ3) is 2.78. The van der Waals surface area contributed by atoms with E-state index in [-0.39, 0.29) is 11.9 Å². The van der Waals surface area contributed by atoms with E-state index in [0.717, 1.165) is 6.07 Å². The number of hydrogen-bond donors (Lipinski definition) is 1. The van der Waals surface area contributed by atoms with Crippen LogP contribution in [0.2, 0.25) is 0 Å². The van der Waals surface area contributed by atoms with Crippen LogP contribution in [0.25, 0.3) is 0 Å². The smallest absolute Gasteiger partial charge is 0.423 e. The minimum atomic E-state index is -4.62. The molecule has 0 atom stereocenters. The summed E-state index contributed by atoms with van der Waals surface area (Å²) in [6.07, 6.45) is -5.00. The number of rotatable bonds is 2. The minimum Gasteiger partial charge on any atom is -0.507 e. The van der Waals surface area contributed by atoms with Crippen LogP contribution in [0.15, 0.2) is 18.2 Å². The van der Waals surface area contributed by atoms with Crippen LogP contribution in [-0.4, -0.2) is 11.2 Å². The lowest BCUT2D eigenvalue weighted by atomic mass is 10.1. The lowest BCUT2D eigenvalue weighted by molar-refractivity contribution is -0.140. The molecule has 0 unspecified atom stereocenters. The van der Waals surface area contributed by atoms with E-state index in [1.165, 1.54) is 12.1 Å². The van der Waals surface area contributed by atoms with E-state index in [1.807, 2.05) is 0 Å². The van der Waals surface area contributed by atoms with Crippen molar-refractivity contribution in [3.8, 4) is 11.5 Å². The molecule has 0 aliphatic rings. The maximum absolute atomic E-state index is 12.5. The van der Waals surface area contributed by atoms with Crippen LogP contribution in [0, 0.1) is 0 Å². The molecule has 84 valence electrons. The van der Waals surface area contributed by atoms with E-state index in [2.05, 4.69) is 0 Å². The van der Waals surface area contributed by atoms with Crippen LogP contribution in [0.5, 0.6) is 11.5 Å². The van der Waals surface area contributed by atoms with Crippen LogP contribution < -0.4 is 4.74 Å². The molecule has 0 saturated carbocycles. The van der Waals surface area contributed by atoms with Gasteiger partial charge in [-0.25, -0.2) is 0 Å². The highest BCUT2D eigenvalue weighted by Gasteiger charge is 2.37. The number of phenolic OH excluding ortho intramolecular Hbond substituents is 1. The second kappa shape index (κ2) is 4.00. The second-order valence-corrected chi connectivity index (χ2v) is 3.31. The summed E-state index contributed by atoms with van der Waals surface area (Å²) < 4.78 is 42.5. The van der Waals surface area contributed by atoms with Crippen molar-refractivity contribution in [2.24, 2.45) is 0 Å². The SMILES string of the molecule is CC(C)Oc1cccc(O)c1C(F)(F)F. The van der Waals surface area contributed by atoms with Crippen molar-refractivity contribution in [2.45, 2.75) is 26.1 Å². The van der Waals surface area contributed by atoms with Crippen molar-refractivity contribution < 1.29 is 23.0 Å². The van der Waals surface area contributed by atoms with Gasteiger partial charge in [0.05, 0.1) is 6.10 Å². The number of hydrogen-bond acceptors (Lipinski definition) is 2. The van der Waals surface area contributed by atoms with Gasteiger partial charge < -0.3 is 9.84 Å². The van der Waals surface area contributed by atoms with Crippen LogP contribution in [-0.2, 0) is 6.18 Å². The summed E-state index contributed by atoms with van der Waals surface area (Å²) in [5, 5.41) is 9.14. The molecule has 1 aromatic carbocycles. The molecule has 5 heteroatoms. The van der Waals surface area contributed by atoms with Crippen LogP contribution >= 0.6 is 0 Å². The summed E-state index contributed by atoms with van der Waals surface area (Å²) >= 11 is 0. The highest BCUT2D eigenvalue weighted by Crippen LogP contribution is 2.42. The van der Waals surface area contributed by atoms with Gasteiger partial charge in [-0.2, -0.15) is 13.2 Å². The van der Waals surface area contributed by atoms with E-state index >= 15 is 0 Å². The maximum atomic E-state index is 12.5. The average Bonchev–Trinajstić information content (AvgIpc) is 1.99. The van der Waals surface area contributed by atoms with Gasteiger partial charge in [-0.1, -0.05) is 6.07 Å². The normalized spacial score (nSPS) is 11.9. The molecule has 2 nitrogen and oxygen atoms in total. The lowest BCUT2D eigenvalue weighted by Crippen LogP contribution is -2.12. The van der Waals surface area contributed by atoms with Crippen LogP contribution in [0.1, 0.15) is 19.4 Å². The zero-order chi connectivity index (χ0) is 11.6. The fourth-order valence-electron chi connectivity index (χ4n) is 1.16. The first-order valence-corrected chi connectivity index (χ1v) is 4.38. The van der Waals surface area contributed by atoms with Gasteiger partial charge in [0.15, 0.2) is 0 Å². The summed E-state index contributed by atoms with van der Waals surface area (Å²) in [4.78, 5) is 0. The van der Waals surface area contributed by atoms with Crippen molar-refractivity contribution in [3.05, 3.63) is 23.8 Å². The molecule has 15 heavy (non-hydrogen) atoms. The summed E-state index contributed by atoms with van der Waals surface area (Å²) in [7, 11) is 0. The van der Waals surface area contributed by atoms with Crippen molar-refractivity contribution in [3.63, 3.8) is 0 Å². The quantitative estimate of drug-likeness (QED) is 0.829. The zero-order valence-corrected chi connectivity index (χ0v) is 8.30. The summed E-state index contributed by atoms with van der Waals surface area (Å²) in [5.74, 6) is -1.17. The van der Waals surface area contributed by atoms with Gasteiger partial charge in [0.2, 0.25) is 0 Å². The third-order valence-electron chi connectivity index (χ3n) is 1.65. The molecular weight excluding hydrogens is 209 g/mol. The molecule has 0 bridgehead atoms. The average molecular weight is 220 g/mol. The van der Waals surface area contributed by atoms with Crippen molar-refractivity contribution in [1.82, 2.24) is 0 Å². The Hall–Kier alpha value is -1.39. The largest absolute Gasteiger partial charge is 0.507 e. The molecule has 1 N–H and O–H groups in total. The Bertz CT molecular complexity index is 345. The number of aromatic hydroxyl groups is 1. The number of alkyl halides is 3. The Labute approximate surface area is 85.3 Å². The Morgan fingerprint density at radius 3 is 2.33 bits per heavy atom. The molecule has 0 aliphatic heterocycles. The topological polar surface area (TPSA) is 29.5 Å². The summed E-state index contributed by atoms with van der Waals surface area (Å²) in [6, 6.07) is 3.47. The van der Waals surface area contributed by atoms with E-state index in [1.54, 1.807) is 13.8 Å². The molecule has 0 spiro atoms. The van der Waals surface area contributed by atoms with Gasteiger partial charge in [-0.15, -0.1) is 0 Å².